The van der Waals surface area contributed by atoms with Crippen molar-refractivity contribution in [2.45, 2.75) is 18.4 Å². The molecule has 0 unspecified atom stereocenters. The number of amides is 1. The van der Waals surface area contributed by atoms with Gasteiger partial charge in [-0.2, -0.15) is 0 Å². The van der Waals surface area contributed by atoms with Gasteiger partial charge in [-0.05, 0) is 24.3 Å². The molecule has 2 aliphatic rings. The molecule has 0 radical (unpaired) electrons. The van der Waals surface area contributed by atoms with E-state index in [1.807, 2.05) is 0 Å². The zero-order valence-electron chi connectivity index (χ0n) is 12.6. The number of hydrogen-bond donors (Lipinski definition) is 3. The van der Waals surface area contributed by atoms with Gasteiger partial charge < -0.3 is 20.3 Å². The van der Waals surface area contributed by atoms with Crippen LogP contribution < -0.4 is 15.9 Å². The number of likely N-dealkylation sites (tertiary alicyclic amines) is 1. The maximum Gasteiger partial charge on any atom is 0.415 e. The van der Waals surface area contributed by atoms with E-state index in [4.69, 9.17) is 20.3 Å². The highest BCUT2D eigenvalue weighted by molar-refractivity contribution is 7.60. The van der Waals surface area contributed by atoms with E-state index in [0.717, 1.165) is 25.9 Å². The van der Waals surface area contributed by atoms with Crippen molar-refractivity contribution in [2.24, 2.45) is 5.73 Å². The molecule has 2 saturated heterocycles. The zero-order chi connectivity index (χ0) is 16.7. The third-order valence-corrected chi connectivity index (χ3v) is 5.46. The Morgan fingerprint density at radius 2 is 1.83 bits per heavy atom. The molecular weight excluding hydrogens is 321 g/mol. The maximum atomic E-state index is 12.2. The quantitative estimate of drug-likeness (QED) is 0.672. The van der Waals surface area contributed by atoms with Crippen LogP contribution in [0.5, 0.6) is 0 Å². The molecule has 4 N–H and O–H groups in total. The Hall–Kier alpha value is -1.44. The van der Waals surface area contributed by atoms with Gasteiger partial charge in [0.25, 0.3) is 0 Å². The first-order valence-electron chi connectivity index (χ1n) is 7.42. The molecule has 1 aromatic carbocycles. The number of benzene rings is 1. The second-order valence-corrected chi connectivity index (χ2v) is 7.60. The normalized spacial score (nSPS) is 21.7. The average molecular weight is 341 g/mol. The van der Waals surface area contributed by atoms with Gasteiger partial charge in [-0.3, -0.25) is 14.4 Å². The number of hydrogen-bond acceptors (Lipinski definition) is 5. The molecular formula is C14H20N3O5P. The lowest BCUT2D eigenvalue weighted by atomic mass is 9.91. The molecule has 23 heavy (non-hydrogen) atoms. The van der Waals surface area contributed by atoms with Gasteiger partial charge in [-0.15, -0.1) is 0 Å². The lowest BCUT2D eigenvalue weighted by Crippen LogP contribution is -2.48. The van der Waals surface area contributed by atoms with E-state index in [1.165, 1.54) is 29.2 Å². The Bertz CT molecular complexity index is 636. The number of piperidine rings is 1. The van der Waals surface area contributed by atoms with Crippen LogP contribution in [-0.4, -0.2) is 52.7 Å². The predicted molar refractivity (Wildman–Crippen MR) is 84.5 cm³/mol. The van der Waals surface area contributed by atoms with E-state index >= 15 is 0 Å². The van der Waals surface area contributed by atoms with Crippen LogP contribution in [0.3, 0.4) is 0 Å². The van der Waals surface area contributed by atoms with Gasteiger partial charge in [0, 0.05) is 38.3 Å². The van der Waals surface area contributed by atoms with Crippen LogP contribution in [0.4, 0.5) is 10.5 Å². The molecule has 0 saturated carbocycles. The zero-order valence-corrected chi connectivity index (χ0v) is 13.5. The summed E-state index contributed by atoms with van der Waals surface area (Å²) < 4.78 is 16.8. The van der Waals surface area contributed by atoms with Gasteiger partial charge in [0.1, 0.15) is 5.60 Å². The van der Waals surface area contributed by atoms with Crippen LogP contribution in [-0.2, 0) is 9.30 Å². The number of anilines is 1. The molecule has 3 rings (SSSR count). The molecule has 1 amide bonds. The standard InChI is InChI=1S/C14H20N3O5P/c15-10-16-7-5-14(6-8-16)9-17(13(18)22-14)11-1-3-12(4-2-11)23(19,20)21/h1-4H,5-10,15H2,(H2,19,20,21). The van der Waals surface area contributed by atoms with Gasteiger partial charge in [-0.1, -0.05) is 0 Å². The van der Waals surface area contributed by atoms with Crippen LogP contribution in [0.2, 0.25) is 0 Å². The molecule has 2 fully saturated rings. The maximum absolute atomic E-state index is 12.2. The third-order valence-electron chi connectivity index (χ3n) is 4.49. The monoisotopic (exact) mass is 341 g/mol. The number of nitrogens with zero attached hydrogens (tertiary/aromatic N) is 2. The van der Waals surface area contributed by atoms with Crippen LogP contribution in [0.25, 0.3) is 0 Å². The third kappa shape index (κ3) is 3.27. The van der Waals surface area contributed by atoms with E-state index in [9.17, 15) is 9.36 Å². The molecule has 9 heteroatoms. The fourth-order valence-corrected chi connectivity index (χ4v) is 3.59. The van der Waals surface area contributed by atoms with Crippen LogP contribution in [0.1, 0.15) is 12.8 Å². The summed E-state index contributed by atoms with van der Waals surface area (Å²) in [6.45, 7) is 2.51. The first-order valence-corrected chi connectivity index (χ1v) is 9.03. The van der Waals surface area contributed by atoms with Crippen LogP contribution >= 0.6 is 7.60 Å². The Kier molecular flexibility index (Phi) is 4.20. The van der Waals surface area contributed by atoms with Gasteiger partial charge >= 0.3 is 13.7 Å². The minimum absolute atomic E-state index is 0.0696. The Morgan fingerprint density at radius 3 is 2.35 bits per heavy atom. The molecule has 0 atom stereocenters. The molecule has 1 aromatic rings. The van der Waals surface area contributed by atoms with Gasteiger partial charge in [0.2, 0.25) is 0 Å². The summed E-state index contributed by atoms with van der Waals surface area (Å²) in [5, 5.41) is -0.0696. The lowest BCUT2D eigenvalue weighted by molar-refractivity contribution is 0.00159. The molecule has 0 aliphatic carbocycles. The second kappa shape index (κ2) is 5.89. The first kappa shape index (κ1) is 16.4. The van der Waals surface area contributed by atoms with Crippen molar-refractivity contribution < 1.29 is 23.9 Å². The smallest absolute Gasteiger partial charge is 0.415 e. The van der Waals surface area contributed by atoms with E-state index in [-0.39, 0.29) is 5.30 Å². The minimum Gasteiger partial charge on any atom is -0.441 e. The largest absolute Gasteiger partial charge is 0.441 e. The SMILES string of the molecule is NCN1CCC2(CC1)CN(c1ccc(P(=O)(O)O)cc1)C(=O)O2. The first-order chi connectivity index (χ1) is 10.8. The molecule has 0 aromatic heterocycles. The topological polar surface area (TPSA) is 116 Å². The van der Waals surface area contributed by atoms with Crippen LogP contribution in [0.15, 0.2) is 24.3 Å². The molecule has 8 nitrogen and oxygen atoms in total. The fourth-order valence-electron chi connectivity index (χ4n) is 3.05. The summed E-state index contributed by atoms with van der Waals surface area (Å²) in [5.41, 5.74) is 5.71. The summed E-state index contributed by atoms with van der Waals surface area (Å²) in [6.07, 6.45) is 1.04. The summed E-state index contributed by atoms with van der Waals surface area (Å²) >= 11 is 0. The highest BCUT2D eigenvalue weighted by atomic mass is 31.2. The summed E-state index contributed by atoms with van der Waals surface area (Å²) in [7, 11) is -4.28. The number of carbonyl (C=O) groups excluding carboxylic acids is 1. The van der Waals surface area contributed by atoms with Gasteiger partial charge in [0.05, 0.1) is 11.8 Å². The molecule has 126 valence electrons. The summed E-state index contributed by atoms with van der Waals surface area (Å²) in [4.78, 5) is 34.1. The van der Waals surface area contributed by atoms with Crippen LogP contribution in [0, 0.1) is 0 Å². The van der Waals surface area contributed by atoms with E-state index < -0.39 is 19.3 Å². The van der Waals surface area contributed by atoms with Gasteiger partial charge in [0.15, 0.2) is 0 Å². The van der Waals surface area contributed by atoms with Crippen molar-refractivity contribution in [1.82, 2.24) is 4.90 Å². The Labute approximate surface area is 134 Å². The second-order valence-electron chi connectivity index (χ2n) is 6.00. The van der Waals surface area contributed by atoms with Crippen molar-refractivity contribution in [3.8, 4) is 0 Å². The van der Waals surface area contributed by atoms with E-state index in [0.29, 0.717) is 18.9 Å². The molecule has 2 aliphatic heterocycles. The summed E-state index contributed by atoms with van der Waals surface area (Å²) in [6, 6.07) is 5.74. The molecule has 0 bridgehead atoms. The highest BCUT2D eigenvalue weighted by Crippen LogP contribution is 2.37. The van der Waals surface area contributed by atoms with Crippen molar-refractivity contribution in [1.29, 1.82) is 0 Å². The minimum atomic E-state index is -4.28. The van der Waals surface area contributed by atoms with Crippen molar-refractivity contribution >= 4 is 24.7 Å². The highest BCUT2D eigenvalue weighted by Gasteiger charge is 2.47. The van der Waals surface area contributed by atoms with Crippen molar-refractivity contribution in [2.75, 3.05) is 31.2 Å². The fraction of sp³-hybridized carbons (Fsp3) is 0.500. The Morgan fingerprint density at radius 1 is 1.22 bits per heavy atom. The van der Waals surface area contributed by atoms with E-state index in [2.05, 4.69) is 4.90 Å². The van der Waals surface area contributed by atoms with Gasteiger partial charge in [-0.25, -0.2) is 4.79 Å². The molecule has 2 heterocycles. The number of carbonyl (C=O) groups is 1. The number of rotatable bonds is 3. The van der Waals surface area contributed by atoms with Crippen molar-refractivity contribution in [3.05, 3.63) is 24.3 Å². The average Bonchev–Trinajstić information content (AvgIpc) is 2.84. The molecule has 1 spiro atoms. The number of nitrogens with two attached hydrogens (primary N) is 1. The summed E-state index contributed by atoms with van der Waals surface area (Å²) in [5.74, 6) is 0. The Balaban J connectivity index is 1.75. The predicted octanol–water partition coefficient (Wildman–Crippen LogP) is 0.197. The number of ether oxygens (including phenoxy) is 1. The van der Waals surface area contributed by atoms with Crippen molar-refractivity contribution in [3.63, 3.8) is 0 Å². The lowest BCUT2D eigenvalue weighted by Gasteiger charge is -2.36. The van der Waals surface area contributed by atoms with E-state index in [1.54, 1.807) is 0 Å².